The first-order valence-electron chi connectivity index (χ1n) is 7.44. The van der Waals surface area contributed by atoms with Crippen LogP contribution in [0.2, 0.25) is 10.0 Å². The summed E-state index contributed by atoms with van der Waals surface area (Å²) in [5, 5.41) is 3.55. The lowest BCUT2D eigenvalue weighted by Gasteiger charge is -2.24. The van der Waals surface area contributed by atoms with Gasteiger partial charge in [0.15, 0.2) is 0 Å². The fraction of sp³-hybridized carbons (Fsp3) is 0.500. The molecule has 7 heteroatoms. The highest BCUT2D eigenvalue weighted by Gasteiger charge is 2.23. The largest absolute Gasteiger partial charge is 0.352 e. The molecule has 1 rings (SSSR count). The highest BCUT2D eigenvalue weighted by Crippen LogP contribution is 2.33. The van der Waals surface area contributed by atoms with E-state index in [9.17, 15) is 9.59 Å². The van der Waals surface area contributed by atoms with Crippen LogP contribution in [0.25, 0.3) is 0 Å². The molecule has 0 saturated heterocycles. The van der Waals surface area contributed by atoms with Crippen molar-refractivity contribution in [1.82, 2.24) is 10.2 Å². The molecule has 0 aliphatic carbocycles. The van der Waals surface area contributed by atoms with Crippen LogP contribution in [0.15, 0.2) is 23.1 Å². The van der Waals surface area contributed by atoms with Gasteiger partial charge in [-0.3, -0.25) is 9.59 Å². The minimum Gasteiger partial charge on any atom is -0.352 e. The van der Waals surface area contributed by atoms with Crippen molar-refractivity contribution in [3.05, 3.63) is 28.2 Å². The van der Waals surface area contributed by atoms with Gasteiger partial charge in [0.1, 0.15) is 0 Å². The summed E-state index contributed by atoms with van der Waals surface area (Å²) < 4.78 is 0. The molecule has 0 radical (unpaired) electrons. The van der Waals surface area contributed by atoms with E-state index in [4.69, 9.17) is 23.2 Å². The maximum Gasteiger partial charge on any atom is 0.239 e. The monoisotopic (exact) mass is 376 g/mol. The van der Waals surface area contributed by atoms with Gasteiger partial charge >= 0.3 is 0 Å². The number of hydrogen-bond donors (Lipinski definition) is 1. The Bertz CT molecular complexity index is 567. The number of nitrogens with zero attached hydrogens (tertiary/aromatic N) is 1. The van der Waals surface area contributed by atoms with E-state index in [1.54, 1.807) is 25.1 Å². The fourth-order valence-corrected chi connectivity index (χ4v) is 3.45. The second-order valence-corrected chi connectivity index (χ2v) is 7.64. The first-order valence-corrected chi connectivity index (χ1v) is 9.08. The Kier molecular flexibility index (Phi) is 8.23. The molecule has 128 valence electrons. The number of nitrogens with one attached hydrogen (secondary N) is 1. The molecule has 1 atom stereocenters. The third kappa shape index (κ3) is 6.61. The van der Waals surface area contributed by atoms with Gasteiger partial charge in [-0.15, -0.1) is 11.8 Å². The molecule has 1 unspecified atom stereocenters. The highest BCUT2D eigenvalue weighted by atomic mass is 35.5. The van der Waals surface area contributed by atoms with Crippen LogP contribution in [0, 0.1) is 0 Å². The molecule has 0 aliphatic rings. The Morgan fingerprint density at radius 3 is 2.48 bits per heavy atom. The Hall–Kier alpha value is -0.910. The van der Waals surface area contributed by atoms with E-state index in [0.29, 0.717) is 16.6 Å². The Labute approximate surface area is 151 Å². The van der Waals surface area contributed by atoms with E-state index in [0.717, 1.165) is 4.90 Å². The van der Waals surface area contributed by atoms with E-state index >= 15 is 0 Å². The Morgan fingerprint density at radius 1 is 1.26 bits per heavy atom. The molecule has 0 bridgehead atoms. The molecule has 4 nitrogen and oxygen atoms in total. The van der Waals surface area contributed by atoms with E-state index in [1.165, 1.54) is 16.7 Å². The van der Waals surface area contributed by atoms with Crippen LogP contribution in [0.5, 0.6) is 0 Å². The summed E-state index contributed by atoms with van der Waals surface area (Å²) in [5.74, 6) is -0.263. The van der Waals surface area contributed by atoms with Crippen LogP contribution in [-0.4, -0.2) is 41.1 Å². The molecular weight excluding hydrogens is 355 g/mol. The third-order valence-corrected chi connectivity index (χ3v) is 4.85. The molecule has 1 aromatic rings. The van der Waals surface area contributed by atoms with Gasteiger partial charge in [-0.25, -0.2) is 0 Å². The highest BCUT2D eigenvalue weighted by molar-refractivity contribution is 8.00. The van der Waals surface area contributed by atoms with Crippen molar-refractivity contribution in [2.75, 3.05) is 13.1 Å². The predicted octanol–water partition coefficient (Wildman–Crippen LogP) is 3.85. The number of benzene rings is 1. The van der Waals surface area contributed by atoms with Gasteiger partial charge in [0, 0.05) is 22.5 Å². The van der Waals surface area contributed by atoms with Crippen molar-refractivity contribution in [2.24, 2.45) is 0 Å². The summed E-state index contributed by atoms with van der Waals surface area (Å²) in [7, 11) is 0. The molecule has 23 heavy (non-hydrogen) atoms. The zero-order chi connectivity index (χ0) is 17.6. The summed E-state index contributed by atoms with van der Waals surface area (Å²) in [6, 6.07) is 5.19. The summed E-state index contributed by atoms with van der Waals surface area (Å²) in [4.78, 5) is 26.7. The van der Waals surface area contributed by atoms with Gasteiger partial charge in [0.05, 0.1) is 16.8 Å². The molecule has 0 aromatic heterocycles. The maximum atomic E-state index is 12.5. The molecule has 0 fully saturated rings. The van der Waals surface area contributed by atoms with E-state index in [2.05, 4.69) is 5.32 Å². The fourth-order valence-electron chi connectivity index (χ4n) is 1.95. The number of hydrogen-bond acceptors (Lipinski definition) is 3. The average molecular weight is 377 g/mol. The van der Waals surface area contributed by atoms with Gasteiger partial charge in [-0.1, -0.05) is 23.2 Å². The second kappa shape index (κ2) is 9.40. The standard InChI is InChI=1S/C16H22Cl2N2O2S/c1-5-20(9-15(21)19-10(2)3)16(22)11(4)23-14-8-12(17)6-7-13(14)18/h6-8,10-11H,5,9H2,1-4H3,(H,19,21). The van der Waals surface area contributed by atoms with Crippen molar-refractivity contribution >= 4 is 46.8 Å². The zero-order valence-corrected chi connectivity index (χ0v) is 16.1. The molecular formula is C16H22Cl2N2O2S. The van der Waals surface area contributed by atoms with Crippen LogP contribution in [0.3, 0.4) is 0 Å². The topological polar surface area (TPSA) is 49.4 Å². The van der Waals surface area contributed by atoms with Crippen LogP contribution in [-0.2, 0) is 9.59 Å². The molecule has 1 N–H and O–H groups in total. The molecule has 0 spiro atoms. The van der Waals surface area contributed by atoms with Crippen molar-refractivity contribution in [3.8, 4) is 0 Å². The number of likely N-dealkylation sites (N-methyl/N-ethyl adjacent to an activating group) is 1. The summed E-state index contributed by atoms with van der Waals surface area (Å²) in [5.41, 5.74) is 0. The Morgan fingerprint density at radius 2 is 1.91 bits per heavy atom. The van der Waals surface area contributed by atoms with Crippen molar-refractivity contribution in [1.29, 1.82) is 0 Å². The minimum atomic E-state index is -0.363. The quantitative estimate of drug-likeness (QED) is 0.735. The van der Waals surface area contributed by atoms with E-state index < -0.39 is 0 Å². The second-order valence-electron chi connectivity index (χ2n) is 5.41. The van der Waals surface area contributed by atoms with Crippen molar-refractivity contribution < 1.29 is 9.59 Å². The lowest BCUT2D eigenvalue weighted by atomic mass is 10.3. The number of carbonyl (C=O) groups excluding carboxylic acids is 2. The number of halogens is 2. The van der Waals surface area contributed by atoms with Gasteiger partial charge in [0.25, 0.3) is 0 Å². The molecule has 2 amide bonds. The summed E-state index contributed by atoms with van der Waals surface area (Å²) in [6.45, 7) is 7.95. The number of amides is 2. The SMILES string of the molecule is CCN(CC(=O)NC(C)C)C(=O)C(C)Sc1cc(Cl)ccc1Cl. The van der Waals surface area contributed by atoms with Crippen molar-refractivity contribution in [2.45, 2.75) is 43.9 Å². The smallest absolute Gasteiger partial charge is 0.239 e. The zero-order valence-electron chi connectivity index (χ0n) is 13.7. The lowest BCUT2D eigenvalue weighted by Crippen LogP contribution is -2.45. The lowest BCUT2D eigenvalue weighted by molar-refractivity contribution is -0.135. The van der Waals surface area contributed by atoms with Crippen molar-refractivity contribution in [3.63, 3.8) is 0 Å². The van der Waals surface area contributed by atoms with Crippen LogP contribution in [0.4, 0.5) is 0 Å². The number of thioether (sulfide) groups is 1. The van der Waals surface area contributed by atoms with Gasteiger partial charge in [-0.2, -0.15) is 0 Å². The minimum absolute atomic E-state index is 0.0494. The number of rotatable bonds is 7. The molecule has 1 aromatic carbocycles. The van der Waals surface area contributed by atoms with Crippen LogP contribution in [0.1, 0.15) is 27.7 Å². The Balaban J connectivity index is 2.73. The number of carbonyl (C=O) groups is 2. The molecule has 0 aliphatic heterocycles. The van der Waals surface area contributed by atoms with E-state index in [1.807, 2.05) is 20.8 Å². The van der Waals surface area contributed by atoms with Gasteiger partial charge < -0.3 is 10.2 Å². The van der Waals surface area contributed by atoms with Gasteiger partial charge in [-0.05, 0) is 45.9 Å². The predicted molar refractivity (Wildman–Crippen MR) is 97.3 cm³/mol. The van der Waals surface area contributed by atoms with E-state index in [-0.39, 0.29) is 29.7 Å². The summed E-state index contributed by atoms with van der Waals surface area (Å²) in [6.07, 6.45) is 0. The van der Waals surface area contributed by atoms with Crippen LogP contribution < -0.4 is 5.32 Å². The molecule has 0 heterocycles. The molecule has 0 saturated carbocycles. The van der Waals surface area contributed by atoms with Gasteiger partial charge in [0.2, 0.25) is 11.8 Å². The van der Waals surface area contributed by atoms with Crippen LogP contribution >= 0.6 is 35.0 Å². The average Bonchev–Trinajstić information content (AvgIpc) is 2.47. The first-order chi connectivity index (χ1) is 10.7. The normalized spacial score (nSPS) is 12.1. The third-order valence-electron chi connectivity index (χ3n) is 3.02. The first kappa shape index (κ1) is 20.1. The maximum absolute atomic E-state index is 12.5. The summed E-state index contributed by atoms with van der Waals surface area (Å²) >= 11 is 13.4.